The average Bonchev–Trinajstić information content (AvgIpc) is 2.40. The zero-order valence-electron chi connectivity index (χ0n) is 9.17. The minimum atomic E-state index is 0.273. The molecule has 1 heterocycles. The van der Waals surface area contributed by atoms with E-state index >= 15 is 0 Å². The van der Waals surface area contributed by atoms with Crippen molar-refractivity contribution in [1.82, 2.24) is 4.98 Å². The van der Waals surface area contributed by atoms with Gasteiger partial charge in [0.1, 0.15) is 5.75 Å². The number of hydrogen-bond acceptors (Lipinski definition) is 2. The van der Waals surface area contributed by atoms with Crippen molar-refractivity contribution in [3.63, 3.8) is 0 Å². The fraction of sp³-hybridized carbons (Fsp3) is 0. The number of rotatable bonds is 1. The van der Waals surface area contributed by atoms with Crippen LogP contribution in [0.4, 0.5) is 0 Å². The minimum Gasteiger partial charge on any atom is -0.507 e. The molecule has 0 fully saturated rings. The highest BCUT2D eigenvalue weighted by Gasteiger charge is 2.05. The van der Waals surface area contributed by atoms with Crippen molar-refractivity contribution in [2.45, 2.75) is 0 Å². The molecule has 82 valence electrons. The fourth-order valence-electron chi connectivity index (χ4n) is 1.91. The largest absolute Gasteiger partial charge is 0.507 e. The van der Waals surface area contributed by atoms with Crippen molar-refractivity contribution in [1.29, 1.82) is 0 Å². The first kappa shape index (κ1) is 9.85. The molecular weight excluding hydrogens is 210 g/mol. The van der Waals surface area contributed by atoms with Gasteiger partial charge in [-0.25, -0.2) is 4.98 Å². The molecule has 0 bridgehead atoms. The van der Waals surface area contributed by atoms with Crippen LogP contribution in [0.15, 0.2) is 60.7 Å². The third-order valence-corrected chi connectivity index (χ3v) is 2.76. The Balaban J connectivity index is 2.26. The van der Waals surface area contributed by atoms with Gasteiger partial charge in [-0.2, -0.15) is 0 Å². The molecule has 3 rings (SSSR count). The molecule has 3 aromatic rings. The predicted octanol–water partition coefficient (Wildman–Crippen LogP) is 3.61. The summed E-state index contributed by atoms with van der Waals surface area (Å²) in [4.78, 5) is 4.55. The lowest BCUT2D eigenvalue weighted by Crippen LogP contribution is -1.85. The van der Waals surface area contributed by atoms with E-state index < -0.39 is 0 Å². The predicted molar refractivity (Wildman–Crippen MR) is 68.8 cm³/mol. The number of aromatic hydroxyl groups is 1. The summed E-state index contributed by atoms with van der Waals surface area (Å²) in [6.07, 6.45) is 0. The first-order valence-corrected chi connectivity index (χ1v) is 5.49. The molecule has 0 saturated heterocycles. The van der Waals surface area contributed by atoms with Crippen LogP contribution >= 0.6 is 0 Å². The van der Waals surface area contributed by atoms with Gasteiger partial charge in [0.05, 0.1) is 11.2 Å². The molecule has 0 amide bonds. The van der Waals surface area contributed by atoms with E-state index in [1.807, 2.05) is 54.6 Å². The maximum atomic E-state index is 9.97. The summed E-state index contributed by atoms with van der Waals surface area (Å²) in [7, 11) is 0. The first-order valence-electron chi connectivity index (χ1n) is 5.49. The van der Waals surface area contributed by atoms with Crippen LogP contribution in [-0.4, -0.2) is 10.1 Å². The maximum Gasteiger partial charge on any atom is 0.127 e. The Hall–Kier alpha value is -2.35. The highest BCUT2D eigenvalue weighted by Crippen LogP contribution is 2.28. The normalized spacial score (nSPS) is 10.6. The van der Waals surface area contributed by atoms with Gasteiger partial charge in [0.15, 0.2) is 0 Å². The Morgan fingerprint density at radius 3 is 2.35 bits per heavy atom. The summed E-state index contributed by atoms with van der Waals surface area (Å²) in [6.45, 7) is 0. The standard InChI is InChI=1S/C15H11NO/c17-15-10-14(11-6-2-1-3-7-11)16-13-9-5-4-8-12(13)15/h1-10H,(H,16,17). The number of fused-ring (bicyclic) bond motifs is 1. The van der Waals surface area contributed by atoms with E-state index in [1.54, 1.807) is 6.07 Å². The molecule has 2 nitrogen and oxygen atoms in total. The van der Waals surface area contributed by atoms with E-state index in [0.29, 0.717) is 0 Å². The Kier molecular flexibility index (Phi) is 2.26. The Morgan fingerprint density at radius 2 is 1.53 bits per heavy atom. The highest BCUT2D eigenvalue weighted by molar-refractivity contribution is 5.87. The topological polar surface area (TPSA) is 33.1 Å². The Labute approximate surface area is 99.2 Å². The quantitative estimate of drug-likeness (QED) is 0.681. The molecule has 1 N–H and O–H groups in total. The van der Waals surface area contributed by atoms with Crippen LogP contribution in [0.25, 0.3) is 22.2 Å². The fourth-order valence-corrected chi connectivity index (χ4v) is 1.91. The Bertz CT molecular complexity index is 662. The molecule has 0 saturated carbocycles. The van der Waals surface area contributed by atoms with Gasteiger partial charge < -0.3 is 5.11 Å². The first-order chi connectivity index (χ1) is 8.34. The highest BCUT2D eigenvalue weighted by atomic mass is 16.3. The third-order valence-electron chi connectivity index (χ3n) is 2.76. The Morgan fingerprint density at radius 1 is 0.824 bits per heavy atom. The molecule has 0 aliphatic carbocycles. The molecule has 1 aromatic heterocycles. The second kappa shape index (κ2) is 3.91. The molecule has 0 aliphatic rings. The van der Waals surface area contributed by atoms with Crippen LogP contribution < -0.4 is 0 Å². The molecule has 0 spiro atoms. The van der Waals surface area contributed by atoms with Crippen molar-refractivity contribution >= 4 is 10.9 Å². The van der Waals surface area contributed by atoms with E-state index in [1.165, 1.54) is 0 Å². The summed E-state index contributed by atoms with van der Waals surface area (Å²) < 4.78 is 0. The molecule has 2 heteroatoms. The number of benzene rings is 2. The maximum absolute atomic E-state index is 9.97. The number of hydrogen-bond donors (Lipinski definition) is 1. The van der Waals surface area contributed by atoms with E-state index in [4.69, 9.17) is 0 Å². The molecule has 0 unspecified atom stereocenters. The van der Waals surface area contributed by atoms with E-state index in [-0.39, 0.29) is 5.75 Å². The lowest BCUT2D eigenvalue weighted by molar-refractivity contribution is 0.481. The third kappa shape index (κ3) is 1.74. The van der Waals surface area contributed by atoms with Gasteiger partial charge in [-0.1, -0.05) is 42.5 Å². The van der Waals surface area contributed by atoms with Crippen molar-refractivity contribution in [3.8, 4) is 17.0 Å². The average molecular weight is 221 g/mol. The zero-order valence-corrected chi connectivity index (χ0v) is 9.17. The molecule has 0 atom stereocenters. The second-order valence-electron chi connectivity index (χ2n) is 3.91. The zero-order chi connectivity index (χ0) is 11.7. The van der Waals surface area contributed by atoms with Crippen LogP contribution in [0.1, 0.15) is 0 Å². The monoisotopic (exact) mass is 221 g/mol. The summed E-state index contributed by atoms with van der Waals surface area (Å²) in [5.74, 6) is 0.273. The molecule has 2 aromatic carbocycles. The number of aromatic nitrogens is 1. The van der Waals surface area contributed by atoms with Crippen LogP contribution in [0, 0.1) is 0 Å². The van der Waals surface area contributed by atoms with Crippen molar-refractivity contribution in [2.75, 3.05) is 0 Å². The van der Waals surface area contributed by atoms with E-state index in [0.717, 1.165) is 22.2 Å². The van der Waals surface area contributed by atoms with Gasteiger partial charge in [-0.15, -0.1) is 0 Å². The van der Waals surface area contributed by atoms with Crippen molar-refractivity contribution in [2.24, 2.45) is 0 Å². The summed E-state index contributed by atoms with van der Waals surface area (Å²) >= 11 is 0. The van der Waals surface area contributed by atoms with Crippen LogP contribution in [0.2, 0.25) is 0 Å². The van der Waals surface area contributed by atoms with Crippen LogP contribution in [-0.2, 0) is 0 Å². The van der Waals surface area contributed by atoms with Gasteiger partial charge in [0, 0.05) is 17.0 Å². The lowest BCUT2D eigenvalue weighted by atomic mass is 10.1. The van der Waals surface area contributed by atoms with Gasteiger partial charge in [-0.3, -0.25) is 0 Å². The van der Waals surface area contributed by atoms with Crippen molar-refractivity contribution in [3.05, 3.63) is 60.7 Å². The molecule has 17 heavy (non-hydrogen) atoms. The number of pyridine rings is 1. The van der Waals surface area contributed by atoms with Crippen LogP contribution in [0.5, 0.6) is 5.75 Å². The summed E-state index contributed by atoms with van der Waals surface area (Å²) in [5.41, 5.74) is 2.61. The molecule has 0 aliphatic heterocycles. The smallest absolute Gasteiger partial charge is 0.127 e. The van der Waals surface area contributed by atoms with E-state index in [2.05, 4.69) is 4.98 Å². The van der Waals surface area contributed by atoms with Gasteiger partial charge in [-0.05, 0) is 12.1 Å². The van der Waals surface area contributed by atoms with Gasteiger partial charge in [0.25, 0.3) is 0 Å². The molecular formula is C15H11NO. The van der Waals surface area contributed by atoms with E-state index in [9.17, 15) is 5.11 Å². The SMILES string of the molecule is Oc1cc(-c2ccccc2)nc2ccccc12. The van der Waals surface area contributed by atoms with Crippen LogP contribution in [0.3, 0.4) is 0 Å². The van der Waals surface area contributed by atoms with Gasteiger partial charge in [0.2, 0.25) is 0 Å². The van der Waals surface area contributed by atoms with Crippen molar-refractivity contribution < 1.29 is 5.11 Å². The number of nitrogens with zero attached hydrogens (tertiary/aromatic N) is 1. The van der Waals surface area contributed by atoms with Gasteiger partial charge >= 0.3 is 0 Å². The molecule has 0 radical (unpaired) electrons. The second-order valence-corrected chi connectivity index (χ2v) is 3.91. The summed E-state index contributed by atoms with van der Waals surface area (Å²) in [5, 5.41) is 10.8. The number of para-hydroxylation sites is 1. The lowest BCUT2D eigenvalue weighted by Gasteiger charge is -2.05. The minimum absolute atomic E-state index is 0.273. The summed E-state index contributed by atoms with van der Waals surface area (Å²) in [6, 6.07) is 19.1.